The average Bonchev–Trinajstić information content (AvgIpc) is 2.09. The molecule has 0 fully saturated rings. The van der Waals surface area contributed by atoms with Crippen LogP contribution in [0.4, 0.5) is 13.2 Å². The minimum absolute atomic E-state index is 0.0971. The minimum atomic E-state index is -4.35. The number of rotatable bonds is 6. The molecule has 17 heavy (non-hydrogen) atoms. The molecule has 0 radical (unpaired) electrons. The molecule has 100 valence electrons. The van der Waals surface area contributed by atoms with Gasteiger partial charge < -0.3 is 9.47 Å². The summed E-state index contributed by atoms with van der Waals surface area (Å²) in [5, 5.41) is 0. The van der Waals surface area contributed by atoms with Gasteiger partial charge in [-0.15, -0.1) is 0 Å². The summed E-state index contributed by atoms with van der Waals surface area (Å²) in [5.74, 6) is -0.337. The summed E-state index contributed by atoms with van der Waals surface area (Å²) in [6, 6.07) is 0. The van der Waals surface area contributed by atoms with E-state index in [0.717, 1.165) is 0 Å². The second-order valence-electron chi connectivity index (χ2n) is 4.42. The normalized spacial score (nSPS) is 13.1. The van der Waals surface area contributed by atoms with E-state index in [4.69, 9.17) is 4.74 Å². The molecule has 0 aromatic carbocycles. The molecule has 0 rings (SSSR count). The minimum Gasteiger partial charge on any atom is -0.496 e. The molecule has 0 saturated carbocycles. The molecule has 0 atom stereocenters. The van der Waals surface area contributed by atoms with Crippen molar-refractivity contribution in [2.24, 2.45) is 0 Å². The van der Waals surface area contributed by atoms with Crippen molar-refractivity contribution in [3.05, 3.63) is 12.3 Å². The van der Waals surface area contributed by atoms with Crippen LogP contribution in [0.3, 0.4) is 0 Å². The van der Waals surface area contributed by atoms with Crippen LogP contribution in [-0.2, 0) is 14.3 Å². The summed E-state index contributed by atoms with van der Waals surface area (Å²) >= 11 is 0. The second-order valence-corrected chi connectivity index (χ2v) is 4.42. The van der Waals surface area contributed by atoms with Crippen LogP contribution in [0.15, 0.2) is 12.3 Å². The number of hydrogen-bond donors (Lipinski definition) is 0. The second kappa shape index (κ2) is 6.64. The predicted octanol–water partition coefficient (Wildman–Crippen LogP) is 2.85. The van der Waals surface area contributed by atoms with Crippen molar-refractivity contribution >= 4 is 5.78 Å². The molecule has 0 saturated heterocycles. The van der Waals surface area contributed by atoms with Gasteiger partial charge in [0.05, 0.1) is 18.5 Å². The first-order chi connectivity index (χ1) is 7.60. The smallest absolute Gasteiger partial charge is 0.411 e. The Balaban J connectivity index is 3.67. The largest absolute Gasteiger partial charge is 0.496 e. The lowest BCUT2D eigenvalue weighted by atomic mass is 10.2. The third-order valence-corrected chi connectivity index (χ3v) is 1.43. The van der Waals surface area contributed by atoms with E-state index in [1.807, 2.05) is 20.8 Å². The number of ether oxygens (including phenoxy) is 2. The first-order valence-corrected chi connectivity index (χ1v) is 5.12. The number of carbonyl (C=O) groups excluding carboxylic acids is 1. The van der Waals surface area contributed by atoms with Crippen molar-refractivity contribution in [2.75, 3.05) is 13.2 Å². The third-order valence-electron chi connectivity index (χ3n) is 1.43. The van der Waals surface area contributed by atoms with Gasteiger partial charge in [-0.05, 0) is 20.8 Å². The third kappa shape index (κ3) is 12.9. The summed E-state index contributed by atoms with van der Waals surface area (Å²) in [6.07, 6.45) is -2.03. The number of hydrogen-bond acceptors (Lipinski definition) is 3. The highest BCUT2D eigenvalue weighted by Gasteiger charge is 2.27. The number of ketones is 1. The van der Waals surface area contributed by atoms with Gasteiger partial charge in [0.25, 0.3) is 0 Å². The topological polar surface area (TPSA) is 35.5 Å². The zero-order valence-corrected chi connectivity index (χ0v) is 10.1. The van der Waals surface area contributed by atoms with Gasteiger partial charge in [0.1, 0.15) is 6.61 Å². The molecule has 0 aliphatic rings. The van der Waals surface area contributed by atoms with Crippen LogP contribution in [0, 0.1) is 0 Å². The van der Waals surface area contributed by atoms with E-state index in [2.05, 4.69) is 4.74 Å². The van der Waals surface area contributed by atoms with Crippen molar-refractivity contribution in [2.45, 2.75) is 39.0 Å². The number of carbonyl (C=O) groups is 1. The van der Waals surface area contributed by atoms with Crippen molar-refractivity contribution in [3.63, 3.8) is 0 Å². The molecule has 0 bridgehead atoms. The zero-order chi connectivity index (χ0) is 13.5. The molecule has 0 aromatic heterocycles. The molecule has 0 heterocycles. The molecule has 0 aliphatic heterocycles. The maximum Gasteiger partial charge on any atom is 0.411 e. The molecular weight excluding hydrogens is 237 g/mol. The van der Waals surface area contributed by atoms with Gasteiger partial charge in [-0.3, -0.25) is 4.79 Å². The Bertz CT molecular complexity index is 264. The first-order valence-electron chi connectivity index (χ1n) is 5.12. The molecular formula is C11H17F3O3. The van der Waals surface area contributed by atoms with Gasteiger partial charge in [-0.2, -0.15) is 13.2 Å². The van der Waals surface area contributed by atoms with Crippen LogP contribution in [0.5, 0.6) is 0 Å². The number of alkyl halides is 3. The molecule has 3 nitrogen and oxygen atoms in total. The van der Waals surface area contributed by atoms with Crippen LogP contribution in [0.1, 0.15) is 27.2 Å². The first kappa shape index (κ1) is 16.0. The SMILES string of the molecule is CC(C)(C)O/C=C/C(=O)CCOCC(F)(F)F. The van der Waals surface area contributed by atoms with E-state index >= 15 is 0 Å². The summed E-state index contributed by atoms with van der Waals surface area (Å²) in [4.78, 5) is 11.1. The van der Waals surface area contributed by atoms with E-state index < -0.39 is 18.4 Å². The Morgan fingerprint density at radius 1 is 1.24 bits per heavy atom. The van der Waals surface area contributed by atoms with Crippen LogP contribution in [0.2, 0.25) is 0 Å². The van der Waals surface area contributed by atoms with Crippen molar-refractivity contribution < 1.29 is 27.4 Å². The fraction of sp³-hybridized carbons (Fsp3) is 0.727. The van der Waals surface area contributed by atoms with Crippen molar-refractivity contribution in [1.29, 1.82) is 0 Å². The molecule has 0 N–H and O–H groups in total. The fourth-order valence-corrected chi connectivity index (χ4v) is 0.758. The maximum absolute atomic E-state index is 11.7. The van der Waals surface area contributed by atoms with E-state index in [0.29, 0.717) is 0 Å². The monoisotopic (exact) mass is 254 g/mol. The molecule has 6 heteroatoms. The fourth-order valence-electron chi connectivity index (χ4n) is 0.758. The van der Waals surface area contributed by atoms with Crippen LogP contribution >= 0.6 is 0 Å². The van der Waals surface area contributed by atoms with Gasteiger partial charge >= 0.3 is 6.18 Å². The standard InChI is InChI=1S/C11H17F3O3/c1-10(2,3)17-7-5-9(15)4-6-16-8-11(12,13)14/h5,7H,4,6,8H2,1-3H3/b7-5+. The number of halogens is 3. The van der Waals surface area contributed by atoms with Crippen molar-refractivity contribution in [3.8, 4) is 0 Å². The highest BCUT2D eigenvalue weighted by molar-refractivity contribution is 5.89. The summed E-state index contributed by atoms with van der Waals surface area (Å²) in [6.45, 7) is 3.86. The highest BCUT2D eigenvalue weighted by atomic mass is 19.4. The van der Waals surface area contributed by atoms with Gasteiger partial charge in [0.2, 0.25) is 0 Å². The molecule has 0 unspecified atom stereocenters. The molecule has 0 spiro atoms. The Morgan fingerprint density at radius 3 is 2.29 bits per heavy atom. The van der Waals surface area contributed by atoms with Gasteiger partial charge in [0, 0.05) is 12.5 Å². The Morgan fingerprint density at radius 2 is 1.82 bits per heavy atom. The Labute approximate surface area is 98.6 Å². The average molecular weight is 254 g/mol. The van der Waals surface area contributed by atoms with Gasteiger partial charge in [-0.1, -0.05) is 0 Å². The van der Waals surface area contributed by atoms with Crippen molar-refractivity contribution in [1.82, 2.24) is 0 Å². The quantitative estimate of drug-likeness (QED) is 0.415. The predicted molar refractivity (Wildman–Crippen MR) is 56.5 cm³/mol. The van der Waals surface area contributed by atoms with E-state index in [1.54, 1.807) is 0 Å². The van der Waals surface area contributed by atoms with Crippen LogP contribution in [0.25, 0.3) is 0 Å². The Kier molecular flexibility index (Phi) is 6.23. The van der Waals surface area contributed by atoms with Gasteiger partial charge in [0.15, 0.2) is 5.78 Å². The van der Waals surface area contributed by atoms with E-state index in [9.17, 15) is 18.0 Å². The number of allylic oxidation sites excluding steroid dienone is 1. The molecule has 0 aromatic rings. The lowest BCUT2D eigenvalue weighted by Crippen LogP contribution is -2.18. The van der Waals surface area contributed by atoms with Gasteiger partial charge in [-0.25, -0.2) is 0 Å². The lowest BCUT2D eigenvalue weighted by Gasteiger charge is -2.17. The summed E-state index contributed by atoms with van der Waals surface area (Å²) in [5.41, 5.74) is -0.399. The Hall–Kier alpha value is -1.04. The highest BCUT2D eigenvalue weighted by Crippen LogP contribution is 2.14. The lowest BCUT2D eigenvalue weighted by molar-refractivity contribution is -0.174. The van der Waals surface area contributed by atoms with Crippen LogP contribution < -0.4 is 0 Å². The van der Waals surface area contributed by atoms with E-state index in [-0.39, 0.29) is 18.8 Å². The maximum atomic E-state index is 11.7. The van der Waals surface area contributed by atoms with Crippen LogP contribution in [-0.4, -0.2) is 30.8 Å². The van der Waals surface area contributed by atoms with E-state index in [1.165, 1.54) is 12.3 Å². The molecule has 0 aliphatic carbocycles. The summed E-state index contributed by atoms with van der Waals surface area (Å²) < 4.78 is 44.4. The summed E-state index contributed by atoms with van der Waals surface area (Å²) in [7, 11) is 0. The zero-order valence-electron chi connectivity index (χ0n) is 10.1. The molecule has 0 amide bonds.